The minimum absolute atomic E-state index is 0.300. The predicted molar refractivity (Wildman–Crippen MR) is 67.9 cm³/mol. The van der Waals surface area contributed by atoms with E-state index in [4.69, 9.17) is 29.5 Å². The highest BCUT2D eigenvalue weighted by molar-refractivity contribution is 7.33. The average Bonchev–Trinajstić information content (AvgIpc) is 2.28. The Balaban J connectivity index is 4.63. The molecule has 20 heavy (non-hydrogen) atoms. The Morgan fingerprint density at radius 2 is 0.950 bits per heavy atom. The summed E-state index contributed by atoms with van der Waals surface area (Å²) in [5.74, 6) is -4.09. The van der Waals surface area contributed by atoms with Crippen LogP contribution < -0.4 is 0 Å². The molecule has 0 saturated heterocycles. The van der Waals surface area contributed by atoms with E-state index in [9.17, 15) is 14.8 Å². The van der Waals surface area contributed by atoms with Crippen LogP contribution in [0.3, 0.4) is 0 Å². The first-order chi connectivity index (χ1) is 9.34. The molecule has 9 nitrogen and oxygen atoms in total. The number of aliphatic hydroxyl groups excluding tert-OH is 4. The van der Waals surface area contributed by atoms with E-state index in [2.05, 4.69) is 0 Å². The summed E-state index contributed by atoms with van der Waals surface area (Å²) in [7, 11) is -3.39. The molecule has 0 aliphatic carbocycles. The fourth-order valence-electron chi connectivity index (χ4n) is 1.48. The van der Waals surface area contributed by atoms with Gasteiger partial charge < -0.3 is 30.6 Å². The zero-order chi connectivity index (χ0) is 15.6. The Kier molecular flexibility index (Phi) is 9.73. The summed E-state index contributed by atoms with van der Waals surface area (Å²) >= 11 is 0. The molecule has 0 aromatic carbocycles. The summed E-state index contributed by atoms with van der Waals surface area (Å²) in [6, 6.07) is 0. The molecule has 122 valence electrons. The fraction of sp³-hybridized carbons (Fsp3) is 1.00. The molecule has 6 N–H and O–H groups in total. The molecule has 0 rings (SSSR count). The van der Waals surface area contributed by atoms with Crippen molar-refractivity contribution in [2.45, 2.75) is 37.3 Å². The molecule has 0 atom stereocenters. The summed E-state index contributed by atoms with van der Waals surface area (Å²) in [5, 5.41) is 54.8. The molecule has 0 spiro atoms. The molecule has 0 aromatic heterocycles. The van der Waals surface area contributed by atoms with Gasteiger partial charge in [0.1, 0.15) is 0 Å². The summed E-state index contributed by atoms with van der Waals surface area (Å²) in [5.41, 5.74) is 0. The number of rotatable bonds is 12. The Morgan fingerprint density at radius 3 is 1.15 bits per heavy atom. The summed E-state index contributed by atoms with van der Waals surface area (Å²) in [6.07, 6.45) is -1.20. The smallest absolute Gasteiger partial charge is 0.324 e. The van der Waals surface area contributed by atoms with E-state index in [0.29, 0.717) is 0 Å². The maximum absolute atomic E-state index is 11.7. The molecule has 0 aliphatic heterocycles. The second-order valence-electron chi connectivity index (χ2n) is 4.24. The SMILES string of the molecule is O=[PH](OC(O)(CCO)CCO)OC(O)(CCO)CCO. The highest BCUT2D eigenvalue weighted by atomic mass is 31.1. The van der Waals surface area contributed by atoms with E-state index in [-0.39, 0.29) is 25.7 Å². The molecule has 0 aliphatic rings. The summed E-state index contributed by atoms with van der Waals surface area (Å²) < 4.78 is 21.2. The molecular formula is C10H23O9P. The minimum Gasteiger partial charge on any atom is -0.396 e. The van der Waals surface area contributed by atoms with Gasteiger partial charge in [0.25, 0.3) is 0 Å². The fourth-order valence-corrected chi connectivity index (χ4v) is 2.55. The van der Waals surface area contributed by atoms with E-state index >= 15 is 0 Å². The minimum atomic E-state index is -3.39. The first-order valence-corrected chi connectivity index (χ1v) is 7.37. The van der Waals surface area contributed by atoms with Gasteiger partial charge in [0.05, 0.1) is 0 Å². The van der Waals surface area contributed by atoms with Crippen LogP contribution in [-0.4, -0.2) is 68.6 Å². The second-order valence-corrected chi connectivity index (χ2v) is 5.15. The molecule has 0 aromatic rings. The third-order valence-corrected chi connectivity index (χ3v) is 3.65. The van der Waals surface area contributed by atoms with Crippen LogP contribution in [0.1, 0.15) is 25.7 Å². The van der Waals surface area contributed by atoms with Crippen LogP contribution in [-0.2, 0) is 13.6 Å². The van der Waals surface area contributed by atoms with Crippen molar-refractivity contribution in [3.63, 3.8) is 0 Å². The first kappa shape index (κ1) is 19.9. The number of hydrogen-bond donors (Lipinski definition) is 6. The van der Waals surface area contributed by atoms with E-state index in [1.54, 1.807) is 0 Å². The van der Waals surface area contributed by atoms with Gasteiger partial charge in [0, 0.05) is 52.1 Å². The van der Waals surface area contributed by atoms with E-state index in [1.165, 1.54) is 0 Å². The van der Waals surface area contributed by atoms with Crippen molar-refractivity contribution in [2.75, 3.05) is 26.4 Å². The van der Waals surface area contributed by atoms with Crippen molar-refractivity contribution in [3.8, 4) is 0 Å². The quantitative estimate of drug-likeness (QED) is 0.182. The maximum atomic E-state index is 11.7. The molecule has 0 radical (unpaired) electrons. The van der Waals surface area contributed by atoms with Gasteiger partial charge in [-0.2, -0.15) is 0 Å². The standard InChI is InChI=1S/C10H23O9P/c11-5-1-9(15,2-6-12)18-20(17)19-10(16,3-7-13)4-8-14/h11-16,20H,1-8H2. The average molecular weight is 318 g/mol. The van der Waals surface area contributed by atoms with E-state index in [0.717, 1.165) is 0 Å². The summed E-state index contributed by atoms with van der Waals surface area (Å²) in [4.78, 5) is 0. The van der Waals surface area contributed by atoms with Gasteiger partial charge >= 0.3 is 8.25 Å². The van der Waals surface area contributed by atoms with Crippen molar-refractivity contribution in [3.05, 3.63) is 0 Å². The largest absolute Gasteiger partial charge is 0.396 e. The molecule has 0 amide bonds. The monoisotopic (exact) mass is 318 g/mol. The molecule has 10 heteroatoms. The van der Waals surface area contributed by atoms with Gasteiger partial charge in [-0.25, -0.2) is 0 Å². The molecule has 0 unspecified atom stereocenters. The normalized spacial score (nSPS) is 13.2. The van der Waals surface area contributed by atoms with Gasteiger partial charge in [-0.3, -0.25) is 13.6 Å². The zero-order valence-electron chi connectivity index (χ0n) is 11.1. The topological polar surface area (TPSA) is 157 Å². The molecular weight excluding hydrogens is 295 g/mol. The van der Waals surface area contributed by atoms with Gasteiger partial charge in [-0.05, 0) is 0 Å². The van der Waals surface area contributed by atoms with Crippen molar-refractivity contribution in [1.29, 1.82) is 0 Å². The van der Waals surface area contributed by atoms with Crippen molar-refractivity contribution in [1.82, 2.24) is 0 Å². The van der Waals surface area contributed by atoms with Crippen molar-refractivity contribution in [2.24, 2.45) is 0 Å². The Labute approximate surface area is 117 Å². The van der Waals surface area contributed by atoms with Gasteiger partial charge in [0.2, 0.25) is 0 Å². The van der Waals surface area contributed by atoms with Crippen molar-refractivity contribution < 1.29 is 44.3 Å². The highest BCUT2D eigenvalue weighted by Crippen LogP contribution is 2.39. The lowest BCUT2D eigenvalue weighted by Crippen LogP contribution is -2.36. The molecule has 0 saturated carbocycles. The molecule has 0 bridgehead atoms. The van der Waals surface area contributed by atoms with Crippen LogP contribution in [0, 0.1) is 0 Å². The lowest BCUT2D eigenvalue weighted by atomic mass is 10.1. The number of hydrogen-bond acceptors (Lipinski definition) is 9. The third kappa shape index (κ3) is 7.63. The van der Waals surface area contributed by atoms with E-state index in [1.807, 2.05) is 0 Å². The first-order valence-electron chi connectivity index (χ1n) is 6.15. The van der Waals surface area contributed by atoms with Crippen LogP contribution >= 0.6 is 8.25 Å². The molecule has 0 fully saturated rings. The van der Waals surface area contributed by atoms with E-state index < -0.39 is 46.3 Å². The lowest BCUT2D eigenvalue weighted by Gasteiger charge is -2.30. The summed E-state index contributed by atoms with van der Waals surface area (Å²) in [6.45, 7) is -1.88. The molecule has 0 heterocycles. The van der Waals surface area contributed by atoms with Gasteiger partial charge in [-0.15, -0.1) is 0 Å². The van der Waals surface area contributed by atoms with Gasteiger partial charge in [0.15, 0.2) is 11.6 Å². The van der Waals surface area contributed by atoms with Crippen LogP contribution in [0.2, 0.25) is 0 Å². The third-order valence-electron chi connectivity index (χ3n) is 2.56. The Morgan fingerprint density at radius 1 is 0.700 bits per heavy atom. The van der Waals surface area contributed by atoms with Crippen LogP contribution in [0.25, 0.3) is 0 Å². The lowest BCUT2D eigenvalue weighted by molar-refractivity contribution is -0.191. The Bertz CT molecular complexity index is 248. The maximum Gasteiger partial charge on any atom is 0.324 e. The van der Waals surface area contributed by atoms with Crippen LogP contribution in [0.5, 0.6) is 0 Å². The van der Waals surface area contributed by atoms with Crippen molar-refractivity contribution >= 4 is 8.25 Å². The zero-order valence-corrected chi connectivity index (χ0v) is 12.1. The highest BCUT2D eigenvalue weighted by Gasteiger charge is 2.34. The van der Waals surface area contributed by atoms with Crippen LogP contribution in [0.4, 0.5) is 0 Å². The van der Waals surface area contributed by atoms with Gasteiger partial charge in [-0.1, -0.05) is 0 Å². The second kappa shape index (κ2) is 9.78. The van der Waals surface area contributed by atoms with Crippen LogP contribution in [0.15, 0.2) is 0 Å². The number of aliphatic hydroxyl groups is 6. The Hall–Kier alpha value is -0.0900. The predicted octanol–water partition coefficient (Wildman–Crippen LogP) is -1.68.